The standard InChI is InChI=1S/C21H19Cl2NO/c22-20-11-8-18(14-21(20)23)24-15-17-6-9-19(10-7-17)25-13-12-16-4-2-1-3-5-16/h1-11,14,24H,12-13,15H2. The van der Waals surface area contributed by atoms with Crippen molar-refractivity contribution < 1.29 is 4.74 Å². The van der Waals surface area contributed by atoms with E-state index in [2.05, 4.69) is 29.6 Å². The first-order valence-electron chi connectivity index (χ1n) is 8.15. The number of hydrogen-bond donors (Lipinski definition) is 1. The molecule has 0 radical (unpaired) electrons. The second-order valence-electron chi connectivity index (χ2n) is 5.71. The molecule has 3 aromatic rings. The summed E-state index contributed by atoms with van der Waals surface area (Å²) >= 11 is 11.9. The molecule has 1 N–H and O–H groups in total. The largest absolute Gasteiger partial charge is 0.493 e. The molecule has 3 aromatic carbocycles. The second kappa shape index (κ2) is 8.80. The first-order chi connectivity index (χ1) is 12.2. The number of ether oxygens (including phenoxy) is 1. The highest BCUT2D eigenvalue weighted by Crippen LogP contribution is 2.25. The Hall–Kier alpha value is -2.16. The van der Waals surface area contributed by atoms with Gasteiger partial charge >= 0.3 is 0 Å². The van der Waals surface area contributed by atoms with E-state index in [0.717, 1.165) is 17.9 Å². The van der Waals surface area contributed by atoms with Crippen molar-refractivity contribution in [3.63, 3.8) is 0 Å². The van der Waals surface area contributed by atoms with Crippen LogP contribution < -0.4 is 10.1 Å². The third-order valence-electron chi connectivity index (χ3n) is 3.84. The van der Waals surface area contributed by atoms with Crippen LogP contribution in [0.1, 0.15) is 11.1 Å². The van der Waals surface area contributed by atoms with Crippen LogP contribution in [0, 0.1) is 0 Å². The number of hydrogen-bond acceptors (Lipinski definition) is 2. The summed E-state index contributed by atoms with van der Waals surface area (Å²) in [6.45, 7) is 1.38. The molecule has 25 heavy (non-hydrogen) atoms. The van der Waals surface area contributed by atoms with Crippen molar-refractivity contribution in [2.45, 2.75) is 13.0 Å². The Morgan fingerprint density at radius 1 is 0.760 bits per heavy atom. The maximum atomic E-state index is 6.02. The summed E-state index contributed by atoms with van der Waals surface area (Å²) in [7, 11) is 0. The van der Waals surface area contributed by atoms with Gasteiger partial charge in [0.2, 0.25) is 0 Å². The van der Waals surface area contributed by atoms with Gasteiger partial charge in [0.25, 0.3) is 0 Å². The summed E-state index contributed by atoms with van der Waals surface area (Å²) in [6, 6.07) is 24.0. The molecule has 0 aliphatic rings. The third-order valence-corrected chi connectivity index (χ3v) is 4.58. The van der Waals surface area contributed by atoms with Gasteiger partial charge < -0.3 is 10.1 Å². The molecule has 0 fully saturated rings. The highest BCUT2D eigenvalue weighted by Gasteiger charge is 2.00. The number of halogens is 2. The molecule has 0 saturated carbocycles. The highest BCUT2D eigenvalue weighted by atomic mass is 35.5. The normalized spacial score (nSPS) is 10.5. The van der Waals surface area contributed by atoms with Gasteiger partial charge in [-0.1, -0.05) is 65.7 Å². The first-order valence-corrected chi connectivity index (χ1v) is 8.91. The van der Waals surface area contributed by atoms with Gasteiger partial charge in [-0.05, 0) is 41.5 Å². The molecule has 0 heterocycles. The van der Waals surface area contributed by atoms with E-state index in [1.54, 1.807) is 6.07 Å². The Morgan fingerprint density at radius 3 is 2.24 bits per heavy atom. The molecule has 0 spiro atoms. The molecule has 3 rings (SSSR count). The molecule has 0 amide bonds. The van der Waals surface area contributed by atoms with E-state index in [9.17, 15) is 0 Å². The van der Waals surface area contributed by atoms with Crippen LogP contribution in [0.25, 0.3) is 0 Å². The minimum Gasteiger partial charge on any atom is -0.493 e. The van der Waals surface area contributed by atoms with Crippen molar-refractivity contribution in [2.24, 2.45) is 0 Å². The molecule has 0 saturated heterocycles. The Morgan fingerprint density at radius 2 is 1.52 bits per heavy atom. The molecule has 0 bridgehead atoms. The lowest BCUT2D eigenvalue weighted by molar-refractivity contribution is 0.322. The third kappa shape index (κ3) is 5.42. The van der Waals surface area contributed by atoms with Crippen LogP contribution in [-0.4, -0.2) is 6.61 Å². The Balaban J connectivity index is 1.47. The van der Waals surface area contributed by atoms with Crippen LogP contribution in [0.2, 0.25) is 10.0 Å². The fraction of sp³-hybridized carbons (Fsp3) is 0.143. The van der Waals surface area contributed by atoms with Gasteiger partial charge in [0, 0.05) is 18.7 Å². The van der Waals surface area contributed by atoms with Crippen molar-refractivity contribution in [3.05, 3.63) is 94.0 Å². The van der Waals surface area contributed by atoms with Crippen molar-refractivity contribution >= 4 is 28.9 Å². The van der Waals surface area contributed by atoms with Crippen molar-refractivity contribution in [1.29, 1.82) is 0 Å². The first kappa shape index (κ1) is 17.7. The van der Waals surface area contributed by atoms with Crippen LogP contribution >= 0.6 is 23.2 Å². The zero-order valence-corrected chi connectivity index (χ0v) is 15.2. The van der Waals surface area contributed by atoms with E-state index in [0.29, 0.717) is 23.2 Å². The smallest absolute Gasteiger partial charge is 0.119 e. The minimum absolute atomic E-state index is 0.550. The summed E-state index contributed by atoms with van der Waals surface area (Å²) in [4.78, 5) is 0. The zero-order chi connectivity index (χ0) is 17.5. The fourth-order valence-electron chi connectivity index (χ4n) is 2.45. The second-order valence-corrected chi connectivity index (χ2v) is 6.52. The zero-order valence-electron chi connectivity index (χ0n) is 13.7. The van der Waals surface area contributed by atoms with Crippen LogP contribution in [0.15, 0.2) is 72.8 Å². The monoisotopic (exact) mass is 371 g/mol. The maximum Gasteiger partial charge on any atom is 0.119 e. The number of nitrogens with one attached hydrogen (secondary N) is 1. The van der Waals surface area contributed by atoms with Crippen LogP contribution in [0.5, 0.6) is 5.75 Å². The lowest BCUT2D eigenvalue weighted by Crippen LogP contribution is -2.02. The Kier molecular flexibility index (Phi) is 6.21. The molecule has 0 aromatic heterocycles. The predicted octanol–water partition coefficient (Wildman–Crippen LogP) is 6.23. The number of rotatable bonds is 7. The van der Waals surface area contributed by atoms with Gasteiger partial charge in [0.1, 0.15) is 5.75 Å². The van der Waals surface area contributed by atoms with Crippen LogP contribution in [0.4, 0.5) is 5.69 Å². The average Bonchev–Trinajstić information content (AvgIpc) is 2.65. The lowest BCUT2D eigenvalue weighted by atomic mass is 10.2. The van der Waals surface area contributed by atoms with Crippen molar-refractivity contribution in [3.8, 4) is 5.75 Å². The van der Waals surface area contributed by atoms with E-state index in [4.69, 9.17) is 27.9 Å². The number of benzene rings is 3. The number of anilines is 1. The average molecular weight is 372 g/mol. The molecular formula is C21H19Cl2NO. The molecule has 0 unspecified atom stereocenters. The summed E-state index contributed by atoms with van der Waals surface area (Å²) in [5.41, 5.74) is 3.39. The lowest BCUT2D eigenvalue weighted by Gasteiger charge is -2.09. The molecular weight excluding hydrogens is 353 g/mol. The maximum absolute atomic E-state index is 6.02. The van der Waals surface area contributed by atoms with Gasteiger partial charge in [-0.15, -0.1) is 0 Å². The summed E-state index contributed by atoms with van der Waals surface area (Å²) < 4.78 is 5.80. The summed E-state index contributed by atoms with van der Waals surface area (Å²) in [5.74, 6) is 0.884. The van der Waals surface area contributed by atoms with Crippen LogP contribution in [0.3, 0.4) is 0 Å². The Bertz CT molecular complexity index is 804. The van der Waals surface area contributed by atoms with Crippen molar-refractivity contribution in [2.75, 3.05) is 11.9 Å². The predicted molar refractivity (Wildman–Crippen MR) is 106 cm³/mol. The molecule has 2 nitrogen and oxygen atoms in total. The SMILES string of the molecule is Clc1ccc(NCc2ccc(OCCc3ccccc3)cc2)cc1Cl. The molecule has 4 heteroatoms. The van der Waals surface area contributed by atoms with Gasteiger partial charge in [-0.25, -0.2) is 0 Å². The summed E-state index contributed by atoms with van der Waals surface area (Å²) in [5, 5.41) is 4.44. The van der Waals surface area contributed by atoms with Crippen molar-refractivity contribution in [1.82, 2.24) is 0 Å². The van der Waals surface area contributed by atoms with Crippen LogP contribution in [-0.2, 0) is 13.0 Å². The van der Waals surface area contributed by atoms with E-state index in [1.165, 1.54) is 11.1 Å². The molecule has 0 atom stereocenters. The Labute approximate surface area is 158 Å². The van der Waals surface area contributed by atoms with Gasteiger partial charge in [-0.3, -0.25) is 0 Å². The highest BCUT2D eigenvalue weighted by molar-refractivity contribution is 6.42. The quantitative estimate of drug-likeness (QED) is 0.531. The molecule has 0 aliphatic heterocycles. The van der Waals surface area contributed by atoms with Gasteiger partial charge in [0.15, 0.2) is 0 Å². The fourth-order valence-corrected chi connectivity index (χ4v) is 2.74. The van der Waals surface area contributed by atoms with Gasteiger partial charge in [-0.2, -0.15) is 0 Å². The molecule has 128 valence electrons. The van der Waals surface area contributed by atoms with Gasteiger partial charge in [0.05, 0.1) is 16.7 Å². The molecule has 0 aliphatic carbocycles. The van der Waals surface area contributed by atoms with E-state index in [-0.39, 0.29) is 0 Å². The van der Waals surface area contributed by atoms with E-state index in [1.807, 2.05) is 42.5 Å². The minimum atomic E-state index is 0.550. The van der Waals surface area contributed by atoms with E-state index >= 15 is 0 Å². The topological polar surface area (TPSA) is 21.3 Å². The van der Waals surface area contributed by atoms with E-state index < -0.39 is 0 Å². The summed E-state index contributed by atoms with van der Waals surface area (Å²) in [6.07, 6.45) is 0.904.